The van der Waals surface area contributed by atoms with E-state index < -0.39 is 0 Å². The second kappa shape index (κ2) is 6.04. The van der Waals surface area contributed by atoms with E-state index >= 15 is 0 Å². The molecule has 7 nitrogen and oxygen atoms in total. The van der Waals surface area contributed by atoms with Crippen molar-refractivity contribution in [1.82, 2.24) is 9.88 Å². The smallest absolute Gasteiger partial charge is 0.291 e. The molecule has 0 aliphatic carbocycles. The highest BCUT2D eigenvalue weighted by atomic mass is 16.4. The molecule has 1 amide bonds. The predicted octanol–water partition coefficient (Wildman–Crippen LogP) is 0.890. The molecule has 0 aliphatic heterocycles. The normalized spacial score (nSPS) is 11.6. The number of oxime groups is 1. The van der Waals surface area contributed by atoms with Crippen molar-refractivity contribution in [3.63, 3.8) is 0 Å². The third kappa shape index (κ3) is 3.22. The van der Waals surface area contributed by atoms with E-state index in [-0.39, 0.29) is 24.0 Å². The standard InChI is InChI=1S/C11H18N4O3/c1-4-5-15(6-9(12)14-17)11(16)10-7(2)13-8(3)18-10/h17H,4-6H2,1-3H3,(H2,12,14). The molecule has 7 heteroatoms. The molecule has 0 radical (unpaired) electrons. The second-order valence-corrected chi connectivity index (χ2v) is 3.97. The minimum atomic E-state index is -0.304. The summed E-state index contributed by atoms with van der Waals surface area (Å²) < 4.78 is 5.27. The zero-order valence-corrected chi connectivity index (χ0v) is 10.8. The van der Waals surface area contributed by atoms with Gasteiger partial charge in [0.1, 0.15) is 0 Å². The van der Waals surface area contributed by atoms with Crippen LogP contribution in [0.2, 0.25) is 0 Å². The summed E-state index contributed by atoms with van der Waals surface area (Å²) in [4.78, 5) is 17.7. The summed E-state index contributed by atoms with van der Waals surface area (Å²) in [5, 5.41) is 11.4. The first kappa shape index (κ1) is 14.0. The largest absolute Gasteiger partial charge is 0.436 e. The van der Waals surface area contributed by atoms with E-state index in [1.807, 2.05) is 6.92 Å². The van der Waals surface area contributed by atoms with E-state index in [0.29, 0.717) is 18.1 Å². The number of carbonyl (C=O) groups is 1. The van der Waals surface area contributed by atoms with Crippen LogP contribution in [0, 0.1) is 13.8 Å². The number of hydrogen-bond donors (Lipinski definition) is 2. The summed E-state index contributed by atoms with van der Waals surface area (Å²) in [6, 6.07) is 0. The van der Waals surface area contributed by atoms with Gasteiger partial charge in [0.25, 0.3) is 5.91 Å². The maximum atomic E-state index is 12.2. The van der Waals surface area contributed by atoms with Crippen molar-refractivity contribution < 1.29 is 14.4 Å². The maximum Gasteiger partial charge on any atom is 0.291 e. The summed E-state index contributed by atoms with van der Waals surface area (Å²) in [5.74, 6) is 0.315. The van der Waals surface area contributed by atoms with Crippen molar-refractivity contribution in [2.45, 2.75) is 27.2 Å². The van der Waals surface area contributed by atoms with Gasteiger partial charge in [0.2, 0.25) is 5.76 Å². The van der Waals surface area contributed by atoms with Crippen LogP contribution in [0.25, 0.3) is 0 Å². The molecule has 0 aromatic carbocycles. The van der Waals surface area contributed by atoms with Crippen molar-refractivity contribution in [1.29, 1.82) is 0 Å². The van der Waals surface area contributed by atoms with Gasteiger partial charge < -0.3 is 20.3 Å². The number of nitrogens with two attached hydrogens (primary N) is 1. The lowest BCUT2D eigenvalue weighted by Crippen LogP contribution is -2.39. The Morgan fingerprint density at radius 1 is 1.56 bits per heavy atom. The van der Waals surface area contributed by atoms with Crippen molar-refractivity contribution >= 4 is 11.7 Å². The zero-order chi connectivity index (χ0) is 13.7. The number of oxazole rings is 1. The predicted molar refractivity (Wildman–Crippen MR) is 65.6 cm³/mol. The SMILES string of the molecule is CCCN(CC(N)=NO)C(=O)c1oc(C)nc1C. The topological polar surface area (TPSA) is 105 Å². The molecule has 1 rings (SSSR count). The molecular formula is C11H18N4O3. The lowest BCUT2D eigenvalue weighted by molar-refractivity contribution is 0.0744. The van der Waals surface area contributed by atoms with Gasteiger partial charge in [-0.05, 0) is 13.3 Å². The number of aryl methyl sites for hydroxylation is 2. The van der Waals surface area contributed by atoms with Crippen LogP contribution in [-0.2, 0) is 0 Å². The lowest BCUT2D eigenvalue weighted by Gasteiger charge is -2.20. The van der Waals surface area contributed by atoms with Gasteiger partial charge in [-0.15, -0.1) is 0 Å². The molecule has 0 bridgehead atoms. The Morgan fingerprint density at radius 3 is 2.67 bits per heavy atom. The Labute approximate surface area is 105 Å². The Kier molecular flexibility index (Phi) is 4.70. The molecule has 100 valence electrons. The quantitative estimate of drug-likeness (QED) is 0.351. The van der Waals surface area contributed by atoms with Crippen LogP contribution in [0.1, 0.15) is 35.5 Å². The maximum absolute atomic E-state index is 12.2. The van der Waals surface area contributed by atoms with Crippen molar-refractivity contribution in [2.24, 2.45) is 10.9 Å². The number of amidine groups is 1. The summed E-state index contributed by atoms with van der Waals surface area (Å²) in [6.07, 6.45) is 0.761. The van der Waals surface area contributed by atoms with E-state index in [9.17, 15) is 4.79 Å². The van der Waals surface area contributed by atoms with Gasteiger partial charge in [-0.25, -0.2) is 4.98 Å². The Hall–Kier alpha value is -2.05. The Balaban J connectivity index is 2.92. The minimum absolute atomic E-state index is 0.0225. The Morgan fingerprint density at radius 2 is 2.22 bits per heavy atom. The average Bonchev–Trinajstić information content (AvgIpc) is 2.66. The van der Waals surface area contributed by atoms with Crippen LogP contribution in [0.15, 0.2) is 9.57 Å². The van der Waals surface area contributed by atoms with E-state index in [1.54, 1.807) is 13.8 Å². The molecule has 0 spiro atoms. The van der Waals surface area contributed by atoms with Gasteiger partial charge in [0.05, 0.1) is 12.2 Å². The van der Waals surface area contributed by atoms with Gasteiger partial charge in [-0.1, -0.05) is 12.1 Å². The van der Waals surface area contributed by atoms with Crippen molar-refractivity contribution in [3.05, 3.63) is 17.3 Å². The molecule has 3 N–H and O–H groups in total. The molecule has 0 saturated heterocycles. The van der Waals surface area contributed by atoms with E-state index in [2.05, 4.69) is 10.1 Å². The summed E-state index contributed by atoms with van der Waals surface area (Å²) in [6.45, 7) is 5.87. The molecule has 0 atom stereocenters. The molecule has 0 unspecified atom stereocenters. The summed E-state index contributed by atoms with van der Waals surface area (Å²) in [5.41, 5.74) is 5.96. The van der Waals surface area contributed by atoms with Crippen LogP contribution < -0.4 is 5.73 Å². The van der Waals surface area contributed by atoms with Crippen LogP contribution in [0.3, 0.4) is 0 Å². The van der Waals surface area contributed by atoms with E-state index in [1.165, 1.54) is 4.90 Å². The van der Waals surface area contributed by atoms with E-state index in [4.69, 9.17) is 15.4 Å². The third-order valence-electron chi connectivity index (χ3n) is 2.36. The van der Waals surface area contributed by atoms with E-state index in [0.717, 1.165) is 6.42 Å². The molecule has 18 heavy (non-hydrogen) atoms. The van der Waals surface area contributed by atoms with Crippen LogP contribution in [0.5, 0.6) is 0 Å². The van der Waals surface area contributed by atoms with Crippen molar-refractivity contribution in [2.75, 3.05) is 13.1 Å². The fourth-order valence-corrected chi connectivity index (χ4v) is 1.62. The monoisotopic (exact) mass is 254 g/mol. The number of hydrogen-bond acceptors (Lipinski definition) is 5. The summed E-state index contributed by atoms with van der Waals surface area (Å²) >= 11 is 0. The van der Waals surface area contributed by atoms with Gasteiger partial charge in [0.15, 0.2) is 11.7 Å². The minimum Gasteiger partial charge on any atom is -0.436 e. The van der Waals surface area contributed by atoms with Crippen LogP contribution in [0.4, 0.5) is 0 Å². The highest BCUT2D eigenvalue weighted by Gasteiger charge is 2.22. The third-order valence-corrected chi connectivity index (χ3v) is 2.36. The molecule has 0 fully saturated rings. The second-order valence-electron chi connectivity index (χ2n) is 3.97. The average molecular weight is 254 g/mol. The lowest BCUT2D eigenvalue weighted by atomic mass is 10.3. The number of aromatic nitrogens is 1. The number of rotatable bonds is 5. The fourth-order valence-electron chi connectivity index (χ4n) is 1.62. The summed E-state index contributed by atoms with van der Waals surface area (Å²) in [7, 11) is 0. The first-order chi connectivity index (χ1) is 8.49. The molecule has 1 aromatic heterocycles. The number of nitrogens with zero attached hydrogens (tertiary/aromatic N) is 3. The number of carbonyl (C=O) groups excluding carboxylic acids is 1. The Bertz CT molecular complexity index is 453. The first-order valence-corrected chi connectivity index (χ1v) is 5.69. The van der Waals surface area contributed by atoms with Gasteiger partial charge in [-0.2, -0.15) is 0 Å². The van der Waals surface area contributed by atoms with Gasteiger partial charge >= 0.3 is 0 Å². The molecular weight excluding hydrogens is 236 g/mol. The van der Waals surface area contributed by atoms with Crippen LogP contribution >= 0.6 is 0 Å². The highest BCUT2D eigenvalue weighted by molar-refractivity contribution is 5.95. The molecule has 1 aromatic rings. The van der Waals surface area contributed by atoms with Crippen LogP contribution in [-0.4, -0.2) is 39.9 Å². The highest BCUT2D eigenvalue weighted by Crippen LogP contribution is 2.12. The van der Waals surface area contributed by atoms with Crippen molar-refractivity contribution in [3.8, 4) is 0 Å². The number of amides is 1. The first-order valence-electron chi connectivity index (χ1n) is 5.69. The fraction of sp³-hybridized carbons (Fsp3) is 0.545. The van der Waals surface area contributed by atoms with Gasteiger partial charge in [0, 0.05) is 13.5 Å². The zero-order valence-electron chi connectivity index (χ0n) is 10.8. The molecule has 1 heterocycles. The molecule has 0 saturated carbocycles. The molecule has 0 aliphatic rings. The van der Waals surface area contributed by atoms with Gasteiger partial charge in [-0.3, -0.25) is 4.79 Å².